The van der Waals surface area contributed by atoms with Crippen molar-refractivity contribution in [1.29, 1.82) is 0 Å². The molecule has 2 unspecified atom stereocenters. The second-order valence-corrected chi connectivity index (χ2v) is 6.33. The lowest BCUT2D eigenvalue weighted by atomic mass is 9.98. The predicted molar refractivity (Wildman–Crippen MR) is 81.3 cm³/mol. The summed E-state index contributed by atoms with van der Waals surface area (Å²) in [5, 5.41) is 4.60. The monoisotopic (exact) mass is 284 g/mol. The molecule has 4 rings (SSSR count). The quantitative estimate of drug-likeness (QED) is 0.922. The van der Waals surface area contributed by atoms with Gasteiger partial charge < -0.3 is 14.6 Å². The molecular weight excluding hydrogens is 264 g/mol. The van der Waals surface area contributed by atoms with Crippen LogP contribution in [0.5, 0.6) is 0 Å². The van der Waals surface area contributed by atoms with Crippen molar-refractivity contribution in [2.45, 2.75) is 43.8 Å². The molecule has 3 heterocycles. The molecule has 4 nitrogen and oxygen atoms in total. The highest BCUT2D eigenvalue weighted by atomic mass is 16.3. The molecule has 1 aromatic heterocycles. The number of amides is 1. The van der Waals surface area contributed by atoms with Gasteiger partial charge >= 0.3 is 0 Å². The van der Waals surface area contributed by atoms with E-state index in [0.717, 1.165) is 23.8 Å². The number of hydrogen-bond donors (Lipinski definition) is 1. The molecule has 0 spiro atoms. The summed E-state index contributed by atoms with van der Waals surface area (Å²) >= 11 is 0. The molecule has 0 radical (unpaired) electrons. The van der Waals surface area contributed by atoms with E-state index in [9.17, 15) is 4.79 Å². The standard InChI is InChI=1S/C17H20N2O2/c1-19(14-9-12-6-7-13(10-14)18-12)17(20)16-8-11-4-2-3-5-15(11)21-16/h2-5,8,12-14,18H,6-7,9-10H2,1H3. The highest BCUT2D eigenvalue weighted by Gasteiger charge is 2.37. The number of nitrogens with zero attached hydrogens (tertiary/aromatic N) is 1. The number of fused-ring (bicyclic) bond motifs is 3. The first kappa shape index (κ1) is 12.9. The fraction of sp³-hybridized carbons (Fsp3) is 0.471. The first-order chi connectivity index (χ1) is 10.2. The van der Waals surface area contributed by atoms with E-state index in [0.29, 0.717) is 23.9 Å². The summed E-state index contributed by atoms with van der Waals surface area (Å²) in [6, 6.07) is 11.1. The third kappa shape index (κ3) is 2.23. The Hall–Kier alpha value is -1.81. The summed E-state index contributed by atoms with van der Waals surface area (Å²) in [4.78, 5) is 14.5. The molecule has 2 aromatic rings. The summed E-state index contributed by atoms with van der Waals surface area (Å²) in [6.07, 6.45) is 4.60. The van der Waals surface area contributed by atoms with E-state index in [1.54, 1.807) is 0 Å². The maximum Gasteiger partial charge on any atom is 0.289 e. The molecule has 2 aliphatic heterocycles. The molecule has 1 aromatic carbocycles. The number of piperidine rings is 1. The molecular formula is C17H20N2O2. The van der Waals surface area contributed by atoms with Crippen molar-refractivity contribution in [3.05, 3.63) is 36.1 Å². The number of carbonyl (C=O) groups excluding carboxylic acids is 1. The summed E-state index contributed by atoms with van der Waals surface area (Å²) in [7, 11) is 1.91. The topological polar surface area (TPSA) is 45.5 Å². The van der Waals surface area contributed by atoms with E-state index in [-0.39, 0.29) is 5.91 Å². The van der Waals surface area contributed by atoms with Crippen LogP contribution in [0.25, 0.3) is 11.0 Å². The van der Waals surface area contributed by atoms with Crippen molar-refractivity contribution in [2.24, 2.45) is 0 Å². The Bertz CT molecular complexity index is 633. The van der Waals surface area contributed by atoms with Crippen LogP contribution < -0.4 is 5.32 Å². The van der Waals surface area contributed by atoms with E-state index >= 15 is 0 Å². The third-order valence-corrected chi connectivity index (χ3v) is 4.95. The summed E-state index contributed by atoms with van der Waals surface area (Å²) < 4.78 is 5.70. The Morgan fingerprint density at radius 2 is 1.95 bits per heavy atom. The molecule has 2 saturated heterocycles. The van der Waals surface area contributed by atoms with E-state index in [4.69, 9.17) is 4.42 Å². The highest BCUT2D eigenvalue weighted by Crippen LogP contribution is 2.30. The molecule has 2 aliphatic rings. The van der Waals surface area contributed by atoms with Gasteiger partial charge in [0, 0.05) is 30.6 Å². The van der Waals surface area contributed by atoms with Gasteiger partial charge in [0.2, 0.25) is 0 Å². The lowest BCUT2D eigenvalue weighted by Crippen LogP contribution is -2.48. The van der Waals surface area contributed by atoms with Gasteiger partial charge in [-0.2, -0.15) is 0 Å². The fourth-order valence-electron chi connectivity index (χ4n) is 3.77. The van der Waals surface area contributed by atoms with Gasteiger partial charge in [0.25, 0.3) is 5.91 Å². The van der Waals surface area contributed by atoms with Crippen LogP contribution in [0.15, 0.2) is 34.7 Å². The van der Waals surface area contributed by atoms with Crippen molar-refractivity contribution in [2.75, 3.05) is 7.05 Å². The number of nitrogens with one attached hydrogen (secondary N) is 1. The van der Waals surface area contributed by atoms with Gasteiger partial charge in [0.15, 0.2) is 5.76 Å². The molecule has 2 atom stereocenters. The minimum Gasteiger partial charge on any atom is -0.451 e. The molecule has 1 N–H and O–H groups in total. The van der Waals surface area contributed by atoms with Gasteiger partial charge in [-0.25, -0.2) is 0 Å². The summed E-state index contributed by atoms with van der Waals surface area (Å²) in [5.74, 6) is 0.446. The lowest BCUT2D eigenvalue weighted by Gasteiger charge is -2.35. The predicted octanol–water partition coefficient (Wildman–Crippen LogP) is 2.79. The van der Waals surface area contributed by atoms with E-state index in [1.807, 2.05) is 42.3 Å². The minimum atomic E-state index is -0.00231. The Balaban J connectivity index is 1.56. The zero-order valence-corrected chi connectivity index (χ0v) is 12.2. The molecule has 2 fully saturated rings. The van der Waals surface area contributed by atoms with Crippen LogP contribution in [0.4, 0.5) is 0 Å². The van der Waals surface area contributed by atoms with Crippen molar-refractivity contribution >= 4 is 16.9 Å². The van der Waals surface area contributed by atoms with Gasteiger partial charge in [-0.05, 0) is 37.8 Å². The Morgan fingerprint density at radius 1 is 1.24 bits per heavy atom. The molecule has 0 aliphatic carbocycles. The normalized spacial score (nSPS) is 28.0. The number of carbonyl (C=O) groups is 1. The molecule has 21 heavy (non-hydrogen) atoms. The van der Waals surface area contributed by atoms with Gasteiger partial charge in [0.05, 0.1) is 0 Å². The second kappa shape index (κ2) is 4.88. The maximum atomic E-state index is 12.7. The largest absolute Gasteiger partial charge is 0.451 e. The summed E-state index contributed by atoms with van der Waals surface area (Å²) in [6.45, 7) is 0. The molecule has 0 saturated carbocycles. The summed E-state index contributed by atoms with van der Waals surface area (Å²) in [5.41, 5.74) is 0.777. The molecule has 4 heteroatoms. The van der Waals surface area contributed by atoms with Crippen LogP contribution in [-0.4, -0.2) is 36.0 Å². The van der Waals surface area contributed by atoms with E-state index in [1.165, 1.54) is 12.8 Å². The number of rotatable bonds is 2. The van der Waals surface area contributed by atoms with Crippen LogP contribution in [-0.2, 0) is 0 Å². The van der Waals surface area contributed by atoms with Gasteiger partial charge in [-0.3, -0.25) is 4.79 Å². The third-order valence-electron chi connectivity index (χ3n) is 4.95. The van der Waals surface area contributed by atoms with Crippen molar-refractivity contribution in [3.63, 3.8) is 0 Å². The number of benzene rings is 1. The van der Waals surface area contributed by atoms with E-state index < -0.39 is 0 Å². The zero-order valence-electron chi connectivity index (χ0n) is 12.2. The number of hydrogen-bond acceptors (Lipinski definition) is 3. The second-order valence-electron chi connectivity index (χ2n) is 6.33. The molecule has 1 amide bonds. The average molecular weight is 284 g/mol. The van der Waals surface area contributed by atoms with Crippen LogP contribution in [0, 0.1) is 0 Å². The Morgan fingerprint density at radius 3 is 2.67 bits per heavy atom. The van der Waals surface area contributed by atoms with Crippen LogP contribution in [0.2, 0.25) is 0 Å². The fourth-order valence-corrected chi connectivity index (χ4v) is 3.77. The van der Waals surface area contributed by atoms with Crippen LogP contribution in [0.3, 0.4) is 0 Å². The first-order valence-corrected chi connectivity index (χ1v) is 7.72. The van der Waals surface area contributed by atoms with Crippen LogP contribution >= 0.6 is 0 Å². The SMILES string of the molecule is CN(C(=O)c1cc2ccccc2o1)C1CC2CCC(C1)N2. The van der Waals surface area contributed by atoms with Crippen molar-refractivity contribution < 1.29 is 9.21 Å². The minimum absolute atomic E-state index is 0.00231. The molecule has 2 bridgehead atoms. The van der Waals surface area contributed by atoms with Crippen molar-refractivity contribution in [3.8, 4) is 0 Å². The van der Waals surface area contributed by atoms with Gasteiger partial charge in [-0.1, -0.05) is 18.2 Å². The lowest BCUT2D eigenvalue weighted by molar-refractivity contribution is 0.0652. The Kier molecular flexibility index (Phi) is 3.00. The first-order valence-electron chi connectivity index (χ1n) is 7.72. The van der Waals surface area contributed by atoms with Crippen LogP contribution in [0.1, 0.15) is 36.2 Å². The van der Waals surface area contributed by atoms with Gasteiger partial charge in [-0.15, -0.1) is 0 Å². The highest BCUT2D eigenvalue weighted by molar-refractivity contribution is 5.96. The smallest absolute Gasteiger partial charge is 0.289 e. The molecule has 110 valence electrons. The number of para-hydroxylation sites is 1. The van der Waals surface area contributed by atoms with Crippen molar-refractivity contribution in [1.82, 2.24) is 10.2 Å². The number of furan rings is 1. The Labute approximate surface area is 124 Å². The average Bonchev–Trinajstić information content (AvgIpc) is 3.08. The zero-order chi connectivity index (χ0) is 14.4. The van der Waals surface area contributed by atoms with E-state index in [2.05, 4.69) is 5.32 Å². The van der Waals surface area contributed by atoms with Gasteiger partial charge in [0.1, 0.15) is 5.58 Å². The maximum absolute atomic E-state index is 12.7.